The lowest BCUT2D eigenvalue weighted by Crippen LogP contribution is -2.58. The normalized spacial score (nSPS) is 17.7. The average Bonchev–Trinajstić information content (AvgIpc) is 3.74. The van der Waals surface area contributed by atoms with Crippen LogP contribution in [0, 0.1) is 12.3 Å². The van der Waals surface area contributed by atoms with Crippen LogP contribution in [0.3, 0.4) is 0 Å². The van der Waals surface area contributed by atoms with Gasteiger partial charge in [0.1, 0.15) is 36.1 Å². The van der Waals surface area contributed by atoms with Gasteiger partial charge < -0.3 is 48.1 Å². The maximum atomic E-state index is 13.9. The smallest absolute Gasteiger partial charge is 0.247 e. The maximum absolute atomic E-state index is 13.9. The molecule has 1 aromatic heterocycles. The van der Waals surface area contributed by atoms with Gasteiger partial charge in [0, 0.05) is 38.2 Å². The predicted octanol–water partition coefficient (Wildman–Crippen LogP) is -1.14. The number of aromatic nitrogens is 1. The van der Waals surface area contributed by atoms with Gasteiger partial charge in [-0.1, -0.05) is 45.0 Å². The maximum Gasteiger partial charge on any atom is 0.247 e. The number of nitrogens with two attached hydrogens (primary N) is 2. The molecule has 1 aliphatic rings. The van der Waals surface area contributed by atoms with Crippen molar-refractivity contribution in [3.8, 4) is 10.4 Å². The molecule has 6 unspecified atom stereocenters. The Kier molecular flexibility index (Phi) is 16.2. The lowest BCUT2D eigenvalue weighted by molar-refractivity contribution is -0.144. The van der Waals surface area contributed by atoms with Crippen molar-refractivity contribution in [2.24, 2.45) is 16.9 Å². The number of carbonyl (C=O) groups is 7. The number of β-amino-alcohol motifs (C(OH)–C–C–N with tert-alkyl or cyclic N) is 1. The summed E-state index contributed by atoms with van der Waals surface area (Å²) in [5.74, 6) is -5.26. The van der Waals surface area contributed by atoms with Gasteiger partial charge in [0.15, 0.2) is 0 Å². The highest BCUT2D eigenvalue weighted by Crippen LogP contribution is 2.30. The van der Waals surface area contributed by atoms with Gasteiger partial charge in [-0.15, -0.1) is 22.9 Å². The molecule has 3 rings (SSSR count). The molecule has 0 bridgehead atoms. The zero-order valence-electron chi connectivity index (χ0n) is 30.4. The van der Waals surface area contributed by atoms with E-state index in [0.717, 1.165) is 16.1 Å². The van der Waals surface area contributed by atoms with Gasteiger partial charge in [-0.2, -0.15) is 12.6 Å². The number of aryl methyl sites for hydroxylation is 1. The number of nitrogens with one attached hydrogen (secondary N) is 5. The summed E-state index contributed by atoms with van der Waals surface area (Å²) in [4.78, 5) is 96.8. The first-order chi connectivity index (χ1) is 25.4. The number of aliphatic hydroxyl groups is 1. The van der Waals surface area contributed by atoms with Gasteiger partial charge >= 0.3 is 0 Å². The zero-order valence-corrected chi connectivity index (χ0v) is 32.9. The van der Waals surface area contributed by atoms with E-state index in [1.807, 2.05) is 6.92 Å². The third-order valence-electron chi connectivity index (χ3n) is 8.59. The number of primary amides is 1. The number of carbonyl (C=O) groups excluding carboxylic acids is 7. The van der Waals surface area contributed by atoms with Crippen LogP contribution < -0.4 is 38.1 Å². The summed E-state index contributed by atoms with van der Waals surface area (Å²) >= 11 is 11.1. The van der Waals surface area contributed by atoms with E-state index in [4.69, 9.17) is 23.1 Å². The molecule has 2 aromatic rings. The monoisotopic (exact) mass is 809 g/mol. The molecule has 296 valence electrons. The molecule has 0 aliphatic carbocycles. The number of amides is 7. The lowest BCUT2D eigenvalue weighted by Gasteiger charge is -2.35. The predicted molar refractivity (Wildman–Crippen MR) is 205 cm³/mol. The van der Waals surface area contributed by atoms with Crippen molar-refractivity contribution in [3.05, 3.63) is 41.0 Å². The second-order valence-corrected chi connectivity index (χ2v) is 15.3. The van der Waals surface area contributed by atoms with Gasteiger partial charge in [-0.25, -0.2) is 4.98 Å². The molecule has 0 spiro atoms. The first-order valence-corrected chi connectivity index (χ1v) is 19.1. The van der Waals surface area contributed by atoms with Crippen molar-refractivity contribution in [3.63, 3.8) is 0 Å². The molecule has 1 fully saturated rings. The van der Waals surface area contributed by atoms with Crippen molar-refractivity contribution < 1.29 is 38.7 Å². The number of rotatable bonds is 17. The van der Waals surface area contributed by atoms with Gasteiger partial charge in [0.25, 0.3) is 0 Å². The van der Waals surface area contributed by atoms with Crippen molar-refractivity contribution in [1.82, 2.24) is 36.5 Å². The van der Waals surface area contributed by atoms with E-state index < -0.39 is 83.1 Å². The molecular formula is C34H48ClN9O8S2. The van der Waals surface area contributed by atoms with Gasteiger partial charge in [-0.05, 0) is 23.5 Å². The second kappa shape index (κ2) is 19.9. The van der Waals surface area contributed by atoms with E-state index in [1.54, 1.807) is 50.5 Å². The highest BCUT2D eigenvalue weighted by Gasteiger charge is 2.45. The number of benzene rings is 1. The van der Waals surface area contributed by atoms with Crippen LogP contribution in [-0.4, -0.2) is 118 Å². The van der Waals surface area contributed by atoms with Gasteiger partial charge in [0.05, 0.1) is 22.2 Å². The summed E-state index contributed by atoms with van der Waals surface area (Å²) in [6, 6.07) is 1.00. The van der Waals surface area contributed by atoms with Crippen LogP contribution in [0.25, 0.3) is 10.4 Å². The topological polar surface area (TPSA) is 268 Å². The van der Waals surface area contributed by atoms with Crippen LogP contribution in [-0.2, 0) is 33.6 Å². The average molecular weight is 810 g/mol. The van der Waals surface area contributed by atoms with Crippen LogP contribution in [0.4, 0.5) is 0 Å². The Morgan fingerprint density at radius 2 is 1.69 bits per heavy atom. The molecule has 1 aromatic carbocycles. The third kappa shape index (κ3) is 11.8. The molecule has 0 saturated carbocycles. The van der Waals surface area contributed by atoms with E-state index in [1.165, 1.54) is 16.2 Å². The first-order valence-electron chi connectivity index (χ1n) is 17.0. The molecule has 10 N–H and O–H groups in total. The molecule has 54 heavy (non-hydrogen) atoms. The molecule has 17 nitrogen and oxygen atoms in total. The van der Waals surface area contributed by atoms with E-state index >= 15 is 0 Å². The minimum atomic E-state index is -1.31. The summed E-state index contributed by atoms with van der Waals surface area (Å²) in [6.45, 7) is 6.37. The van der Waals surface area contributed by atoms with E-state index in [9.17, 15) is 38.7 Å². The summed E-state index contributed by atoms with van der Waals surface area (Å²) < 4.78 is 0. The zero-order chi connectivity index (χ0) is 40.3. The van der Waals surface area contributed by atoms with Crippen molar-refractivity contribution in [1.29, 1.82) is 0 Å². The minimum absolute atomic E-state index is 0.0659. The minimum Gasteiger partial charge on any atom is -0.391 e. The highest BCUT2D eigenvalue weighted by atomic mass is 35.5. The first kappa shape index (κ1) is 44.1. The summed E-state index contributed by atoms with van der Waals surface area (Å²) in [5.41, 5.74) is 13.8. The molecule has 2 heterocycles. The number of alkyl halides is 1. The third-order valence-corrected chi connectivity index (χ3v) is 10.2. The van der Waals surface area contributed by atoms with Gasteiger partial charge in [-0.3, -0.25) is 33.6 Å². The highest BCUT2D eigenvalue weighted by molar-refractivity contribution is 7.80. The number of thiazole rings is 1. The SMILES string of the molecule is Cc1ncsc1-c1ccc(C(NC(=O)C2CC(O)CN2C(=O)C(NC(=O)CCl)C(C)(C)C)C(=O)NCCC(=O)NC(CN)C(=O)NC(CS)C(N)=O)cc1. The molecular weight excluding hydrogens is 762 g/mol. The molecule has 7 amide bonds. The number of likely N-dealkylation sites (tertiary alicyclic amines) is 1. The summed E-state index contributed by atoms with van der Waals surface area (Å²) in [7, 11) is 0. The fourth-order valence-corrected chi connectivity index (χ4v) is 6.80. The Morgan fingerprint density at radius 3 is 2.22 bits per heavy atom. The molecule has 6 atom stereocenters. The molecule has 1 saturated heterocycles. The van der Waals surface area contributed by atoms with E-state index in [0.29, 0.717) is 5.56 Å². The molecule has 1 aliphatic heterocycles. The van der Waals surface area contributed by atoms with Crippen LogP contribution in [0.2, 0.25) is 0 Å². The standard InChI is InChI=1S/C34H48ClN9O8S2/c1-17-27(54-16-39-17)19-7-5-18(6-8-19)26(32(51)38-10-9-24(46)40-21(13-36)30(49)41-22(15-53)29(37)48)43-31(50)23-11-20(45)14-44(23)33(52)28(34(2,3)4)42-25(47)12-35/h5-8,16,20-23,26,28,45,53H,9-15,36H2,1-4H3,(H2,37,48)(H,38,51)(H,40,46)(H,41,49)(H,42,47)(H,43,50). The number of hydrogen-bond acceptors (Lipinski definition) is 12. The van der Waals surface area contributed by atoms with E-state index in [2.05, 4.69) is 44.2 Å². The number of hydrogen-bond donors (Lipinski definition) is 9. The molecule has 0 radical (unpaired) electrons. The number of aliphatic hydroxyl groups excluding tert-OH is 1. The van der Waals surface area contributed by atoms with Crippen LogP contribution in [0.1, 0.15) is 50.9 Å². The Bertz CT molecular complexity index is 1690. The number of halogens is 1. The Morgan fingerprint density at radius 1 is 1.02 bits per heavy atom. The Balaban J connectivity index is 1.80. The van der Waals surface area contributed by atoms with Gasteiger partial charge in [0.2, 0.25) is 41.4 Å². The van der Waals surface area contributed by atoms with E-state index in [-0.39, 0.29) is 44.1 Å². The summed E-state index contributed by atoms with van der Waals surface area (Å²) in [5, 5.41) is 23.3. The second-order valence-electron chi connectivity index (χ2n) is 13.8. The van der Waals surface area contributed by atoms with Crippen molar-refractivity contribution in [2.75, 3.05) is 31.3 Å². The summed E-state index contributed by atoms with van der Waals surface area (Å²) in [6.07, 6.45) is -1.47. The lowest BCUT2D eigenvalue weighted by atomic mass is 9.85. The quantitative estimate of drug-likeness (QED) is 0.0685. The van der Waals surface area contributed by atoms with Crippen LogP contribution in [0.15, 0.2) is 29.8 Å². The number of nitrogens with zero attached hydrogens (tertiary/aromatic N) is 2. The van der Waals surface area contributed by atoms with Crippen LogP contribution >= 0.6 is 35.6 Å². The Labute approximate surface area is 327 Å². The Hall–Kier alpha value is -4.30. The fourth-order valence-electron chi connectivity index (χ4n) is 5.64. The number of thiol groups is 1. The largest absolute Gasteiger partial charge is 0.391 e. The van der Waals surface area contributed by atoms with Crippen molar-refractivity contribution in [2.45, 2.75) is 76.8 Å². The van der Waals surface area contributed by atoms with Crippen LogP contribution in [0.5, 0.6) is 0 Å². The fraction of sp³-hybridized carbons (Fsp3) is 0.529. The molecule has 20 heteroatoms. The van der Waals surface area contributed by atoms with Crippen molar-refractivity contribution >= 4 is 76.9 Å².